The Morgan fingerprint density at radius 2 is 1.84 bits per heavy atom. The van der Waals surface area contributed by atoms with Gasteiger partial charge in [0, 0.05) is 37.8 Å². The van der Waals surface area contributed by atoms with Crippen molar-refractivity contribution in [1.82, 2.24) is 15.1 Å². The monoisotopic (exact) mass is 505 g/mol. The van der Waals surface area contributed by atoms with Gasteiger partial charge in [-0.15, -0.1) is 0 Å². The Morgan fingerprint density at radius 1 is 1.11 bits per heavy atom. The molecule has 1 aliphatic carbocycles. The molecule has 3 N–H and O–H groups in total. The average Bonchev–Trinajstić information content (AvgIpc) is 3.67. The van der Waals surface area contributed by atoms with Crippen molar-refractivity contribution in [2.45, 2.75) is 79.3 Å². The number of amidine groups is 2. The van der Waals surface area contributed by atoms with Gasteiger partial charge >= 0.3 is 0 Å². The molecule has 0 radical (unpaired) electrons. The molecule has 0 unspecified atom stereocenters. The Bertz CT molecular complexity index is 1120. The maximum absolute atomic E-state index is 13.3. The van der Waals surface area contributed by atoms with E-state index in [4.69, 9.17) is 15.6 Å². The van der Waals surface area contributed by atoms with Crippen molar-refractivity contribution in [1.29, 1.82) is 10.8 Å². The van der Waals surface area contributed by atoms with Crippen LogP contribution in [0.1, 0.15) is 81.8 Å². The summed E-state index contributed by atoms with van der Waals surface area (Å²) in [5.74, 6) is 1.28. The van der Waals surface area contributed by atoms with Crippen LogP contribution in [0.15, 0.2) is 47.2 Å². The number of carbonyl (C=O) groups is 1. The number of nitrogens with one attached hydrogen (secondary N) is 3. The lowest BCUT2D eigenvalue weighted by atomic mass is 9.96. The molecule has 7 nitrogen and oxygen atoms in total. The quantitative estimate of drug-likeness (QED) is 0.247. The van der Waals surface area contributed by atoms with Crippen LogP contribution in [0.4, 0.5) is 0 Å². The fourth-order valence-corrected chi connectivity index (χ4v) is 4.73. The Morgan fingerprint density at radius 3 is 2.43 bits per heavy atom. The molecular weight excluding hydrogens is 462 g/mol. The second-order valence-corrected chi connectivity index (χ2v) is 9.90. The van der Waals surface area contributed by atoms with Crippen LogP contribution in [-0.2, 0) is 13.0 Å². The van der Waals surface area contributed by atoms with Crippen LogP contribution in [-0.4, -0.2) is 53.6 Å². The molecule has 1 saturated heterocycles. The molecule has 1 saturated carbocycles. The number of ether oxygens (including phenoxy) is 1. The van der Waals surface area contributed by atoms with Crippen molar-refractivity contribution < 1.29 is 9.53 Å². The second kappa shape index (κ2) is 12.9. The first-order valence-electron chi connectivity index (χ1n) is 13.5. The van der Waals surface area contributed by atoms with Gasteiger partial charge in [-0.25, -0.2) is 0 Å². The van der Waals surface area contributed by atoms with Crippen LogP contribution in [0.5, 0.6) is 5.75 Å². The van der Waals surface area contributed by atoms with E-state index in [1.54, 1.807) is 12.0 Å². The molecule has 2 aliphatic heterocycles. The summed E-state index contributed by atoms with van der Waals surface area (Å²) in [5.41, 5.74) is 5.52. The van der Waals surface area contributed by atoms with E-state index >= 15 is 0 Å². The molecule has 0 atom stereocenters. The topological polar surface area (TPSA) is 92.5 Å². The zero-order valence-electron chi connectivity index (χ0n) is 23.3. The summed E-state index contributed by atoms with van der Waals surface area (Å²) in [4.78, 5) is 17.6. The predicted octanol–water partition coefficient (Wildman–Crippen LogP) is 5.82. The maximum atomic E-state index is 13.3. The minimum absolute atomic E-state index is 0.187. The minimum atomic E-state index is -0.187. The number of hydrogen-bond donors (Lipinski definition) is 3. The Balaban J connectivity index is 0.00000186. The van der Waals surface area contributed by atoms with Gasteiger partial charge in [-0.3, -0.25) is 20.5 Å². The van der Waals surface area contributed by atoms with Gasteiger partial charge in [0.15, 0.2) is 0 Å². The normalized spacial score (nSPS) is 17.7. The fourth-order valence-electron chi connectivity index (χ4n) is 4.73. The van der Waals surface area contributed by atoms with E-state index in [9.17, 15) is 4.79 Å². The molecule has 200 valence electrons. The largest absolute Gasteiger partial charge is 0.496 e. The van der Waals surface area contributed by atoms with E-state index in [1.807, 2.05) is 65.0 Å². The van der Waals surface area contributed by atoms with Crippen molar-refractivity contribution >= 4 is 17.6 Å². The van der Waals surface area contributed by atoms with Gasteiger partial charge in [0.25, 0.3) is 5.91 Å². The number of benzene rings is 1. The summed E-state index contributed by atoms with van der Waals surface area (Å²) in [6, 6.07) is 4.74. The zero-order valence-corrected chi connectivity index (χ0v) is 23.3. The first kappa shape index (κ1) is 28.4. The molecule has 7 heteroatoms. The maximum Gasteiger partial charge on any atom is 0.259 e. The molecule has 1 aromatic carbocycles. The van der Waals surface area contributed by atoms with Gasteiger partial charge < -0.3 is 15.0 Å². The summed E-state index contributed by atoms with van der Waals surface area (Å²) in [6.07, 6.45) is 10.8. The van der Waals surface area contributed by atoms with Crippen molar-refractivity contribution in [3.63, 3.8) is 0 Å². The highest BCUT2D eigenvalue weighted by Crippen LogP contribution is 2.34. The van der Waals surface area contributed by atoms with Crippen LogP contribution in [0.3, 0.4) is 0 Å². The van der Waals surface area contributed by atoms with Crippen LogP contribution in [0, 0.1) is 10.8 Å². The summed E-state index contributed by atoms with van der Waals surface area (Å²) in [5, 5.41) is 19.4. The molecular formula is C30H43N5O2. The van der Waals surface area contributed by atoms with Crippen LogP contribution >= 0.6 is 0 Å². The number of nitrogens with zero attached hydrogens (tertiary/aromatic N) is 2. The molecule has 2 fully saturated rings. The van der Waals surface area contributed by atoms with Crippen LogP contribution in [0.2, 0.25) is 0 Å². The van der Waals surface area contributed by atoms with Gasteiger partial charge in [0.05, 0.1) is 12.7 Å². The third-order valence-corrected chi connectivity index (χ3v) is 7.03. The molecule has 1 aromatic rings. The highest BCUT2D eigenvalue weighted by molar-refractivity contribution is 6.07. The van der Waals surface area contributed by atoms with Gasteiger partial charge in [-0.1, -0.05) is 31.6 Å². The van der Waals surface area contributed by atoms with Crippen LogP contribution in [0.25, 0.3) is 0 Å². The summed E-state index contributed by atoms with van der Waals surface area (Å²) < 4.78 is 5.59. The minimum Gasteiger partial charge on any atom is -0.496 e. The molecule has 2 heterocycles. The number of fused-ring (bicyclic) bond motifs is 1. The van der Waals surface area contributed by atoms with Crippen molar-refractivity contribution in [2.75, 3.05) is 20.2 Å². The number of hydrogen-bond acceptors (Lipinski definition) is 5. The lowest BCUT2D eigenvalue weighted by Crippen LogP contribution is -2.33. The van der Waals surface area contributed by atoms with E-state index in [0.29, 0.717) is 29.0 Å². The molecule has 0 aromatic heterocycles. The number of rotatable bonds is 7. The lowest BCUT2D eigenvalue weighted by Gasteiger charge is -2.29. The first-order valence-corrected chi connectivity index (χ1v) is 13.5. The standard InChI is InChI=1S/C28H37N5O2.C2H6/c1-18(2)24(8-5-7-19(3)27(30)33-13-6-9-26(33)29)31-28(34)23-15-21-17-32(22-10-11-22)14-12-20(21)16-25(23)35-4;1-2/h5,7-8,15-16,22,29-30H,6,9-14,17H2,1-4H3,(H,31,34);1-2H3/b8-5-,19-7+,29-26?,30-27?;. The molecule has 4 rings (SSSR count). The van der Waals surface area contributed by atoms with E-state index < -0.39 is 0 Å². The lowest BCUT2D eigenvalue weighted by molar-refractivity contribution is 0.0963. The van der Waals surface area contributed by atoms with Gasteiger partial charge in [0.1, 0.15) is 17.4 Å². The van der Waals surface area contributed by atoms with Gasteiger partial charge in [0.2, 0.25) is 0 Å². The van der Waals surface area contributed by atoms with Gasteiger partial charge in [-0.05, 0) is 81.4 Å². The number of methoxy groups -OCH3 is 1. The summed E-state index contributed by atoms with van der Waals surface area (Å²) >= 11 is 0. The summed E-state index contributed by atoms with van der Waals surface area (Å²) in [6.45, 7) is 12.5. The third kappa shape index (κ3) is 6.98. The molecule has 0 bridgehead atoms. The zero-order chi connectivity index (χ0) is 27.1. The third-order valence-electron chi connectivity index (χ3n) is 7.03. The first-order chi connectivity index (χ1) is 17.8. The van der Waals surface area contributed by atoms with Crippen molar-refractivity contribution in [3.05, 3.63) is 63.9 Å². The highest BCUT2D eigenvalue weighted by Gasteiger charge is 2.32. The highest BCUT2D eigenvalue weighted by atomic mass is 16.5. The Labute approximate surface area is 222 Å². The molecule has 3 aliphatic rings. The van der Waals surface area contributed by atoms with E-state index in [-0.39, 0.29) is 5.91 Å². The Hall–Kier alpha value is -3.19. The van der Waals surface area contributed by atoms with E-state index in [1.165, 1.54) is 24.0 Å². The van der Waals surface area contributed by atoms with Crippen LogP contribution < -0.4 is 10.1 Å². The molecule has 1 amide bonds. The van der Waals surface area contributed by atoms with Gasteiger partial charge in [-0.2, -0.15) is 0 Å². The number of likely N-dealkylation sites (tertiary alicyclic amines) is 1. The SMILES string of the molecule is CC.COc1cc2c(cc1C(=O)NC(/C=C\C=C(/C)C(=N)N1CCCC1=N)=C(C)C)CN(C1CC1)CC2. The fraction of sp³-hybridized carbons (Fsp3) is 0.500. The number of carbonyl (C=O) groups excluding carboxylic acids is 1. The number of amides is 1. The average molecular weight is 506 g/mol. The molecule has 37 heavy (non-hydrogen) atoms. The van der Waals surface area contributed by atoms with Crippen molar-refractivity contribution in [3.8, 4) is 5.75 Å². The molecule has 0 spiro atoms. The second-order valence-electron chi connectivity index (χ2n) is 9.90. The Kier molecular flexibility index (Phi) is 9.86. The predicted molar refractivity (Wildman–Crippen MR) is 152 cm³/mol. The van der Waals surface area contributed by atoms with E-state index in [0.717, 1.165) is 55.7 Å². The smallest absolute Gasteiger partial charge is 0.259 e. The van der Waals surface area contributed by atoms with Crippen molar-refractivity contribution in [2.24, 2.45) is 0 Å². The summed E-state index contributed by atoms with van der Waals surface area (Å²) in [7, 11) is 1.61. The van der Waals surface area contributed by atoms with E-state index in [2.05, 4.69) is 10.2 Å². The number of allylic oxidation sites excluding steroid dienone is 4.